The van der Waals surface area contributed by atoms with E-state index in [1.165, 1.54) is 0 Å². The van der Waals surface area contributed by atoms with Crippen molar-refractivity contribution in [3.8, 4) is 0 Å². The molecule has 2 unspecified atom stereocenters. The third-order valence-corrected chi connectivity index (χ3v) is 4.57. The Labute approximate surface area is 109 Å². The van der Waals surface area contributed by atoms with Crippen LogP contribution in [0, 0.1) is 0 Å². The van der Waals surface area contributed by atoms with E-state index >= 15 is 0 Å². The second kappa shape index (κ2) is 6.86. The van der Waals surface area contributed by atoms with E-state index in [1.807, 2.05) is 6.92 Å². The van der Waals surface area contributed by atoms with Crippen molar-refractivity contribution >= 4 is 10.0 Å². The Morgan fingerprint density at radius 1 is 1.44 bits per heavy atom. The molecular formula is C11H22N4O2S. The predicted octanol–water partition coefficient (Wildman–Crippen LogP) is 0.778. The fraction of sp³-hybridized carbons (Fsp3) is 0.727. The van der Waals surface area contributed by atoms with E-state index < -0.39 is 15.3 Å². The van der Waals surface area contributed by atoms with Crippen LogP contribution in [-0.2, 0) is 10.0 Å². The van der Waals surface area contributed by atoms with E-state index in [4.69, 9.17) is 0 Å². The minimum Gasteiger partial charge on any atom is -0.347 e. The number of H-pyrrole nitrogens is 1. The quantitative estimate of drug-likeness (QED) is 0.611. The average molecular weight is 274 g/mol. The molecule has 3 N–H and O–H groups in total. The molecule has 1 heterocycles. The van der Waals surface area contributed by atoms with Crippen LogP contribution in [0.4, 0.5) is 0 Å². The smallest absolute Gasteiger partial charge is 0.216 e. The summed E-state index contributed by atoms with van der Waals surface area (Å²) in [7, 11) is -3.34. The average Bonchev–Trinajstić information content (AvgIpc) is 2.82. The number of rotatable bonds is 8. The molecule has 0 aliphatic carbocycles. The topological polar surface area (TPSA) is 86.9 Å². The number of sulfonamides is 1. The van der Waals surface area contributed by atoms with Crippen LogP contribution in [0.5, 0.6) is 0 Å². The Bertz CT molecular complexity index is 430. The van der Waals surface area contributed by atoms with Gasteiger partial charge in [0.25, 0.3) is 0 Å². The first-order valence-corrected chi connectivity index (χ1v) is 7.73. The van der Waals surface area contributed by atoms with Gasteiger partial charge in [0.1, 0.15) is 5.82 Å². The molecule has 0 fully saturated rings. The second-order valence-corrected chi connectivity index (χ2v) is 6.50. The van der Waals surface area contributed by atoms with Gasteiger partial charge < -0.3 is 10.3 Å². The summed E-state index contributed by atoms with van der Waals surface area (Å²) in [6, 6.07) is -0.348. The van der Waals surface area contributed by atoms with Crippen LogP contribution in [0.2, 0.25) is 0 Å². The highest BCUT2D eigenvalue weighted by atomic mass is 32.2. The maximum Gasteiger partial charge on any atom is 0.216 e. The number of nitrogens with one attached hydrogen (secondary N) is 3. The van der Waals surface area contributed by atoms with E-state index in [2.05, 4.69) is 20.0 Å². The standard InChI is InChI=1S/C11H22N4O2S/c1-4-5-12-8-9(2)18(16,17)15-10(3)11-13-6-7-14-11/h6-7,9-10,12,15H,4-5,8H2,1-3H3,(H,13,14). The van der Waals surface area contributed by atoms with Crippen LogP contribution in [-0.4, -0.2) is 36.7 Å². The fourth-order valence-corrected chi connectivity index (χ4v) is 2.70. The zero-order valence-electron chi connectivity index (χ0n) is 11.1. The van der Waals surface area contributed by atoms with Gasteiger partial charge in [-0.05, 0) is 26.8 Å². The summed E-state index contributed by atoms with van der Waals surface area (Å²) in [4.78, 5) is 6.93. The monoisotopic (exact) mass is 274 g/mol. The minimum absolute atomic E-state index is 0.348. The van der Waals surface area contributed by atoms with Crippen molar-refractivity contribution < 1.29 is 8.42 Å². The largest absolute Gasteiger partial charge is 0.347 e. The lowest BCUT2D eigenvalue weighted by Crippen LogP contribution is -2.40. The minimum atomic E-state index is -3.34. The Balaban J connectivity index is 2.53. The van der Waals surface area contributed by atoms with Crippen molar-refractivity contribution in [2.45, 2.75) is 38.5 Å². The third kappa shape index (κ3) is 4.40. The molecule has 104 valence electrons. The van der Waals surface area contributed by atoms with E-state index in [0.29, 0.717) is 12.4 Å². The Hall–Kier alpha value is -0.920. The number of aromatic amines is 1. The van der Waals surface area contributed by atoms with Gasteiger partial charge in [0.2, 0.25) is 10.0 Å². The van der Waals surface area contributed by atoms with Gasteiger partial charge in [-0.25, -0.2) is 18.1 Å². The van der Waals surface area contributed by atoms with Crippen LogP contribution in [0.1, 0.15) is 39.1 Å². The summed E-state index contributed by atoms with van der Waals surface area (Å²) in [5, 5.41) is 2.64. The van der Waals surface area contributed by atoms with Gasteiger partial charge in [0.15, 0.2) is 0 Å². The molecule has 0 aliphatic rings. The van der Waals surface area contributed by atoms with Crippen molar-refractivity contribution in [1.82, 2.24) is 20.0 Å². The highest BCUT2D eigenvalue weighted by Gasteiger charge is 2.23. The number of hydrogen-bond donors (Lipinski definition) is 3. The van der Waals surface area contributed by atoms with Crippen molar-refractivity contribution in [1.29, 1.82) is 0 Å². The summed E-state index contributed by atoms with van der Waals surface area (Å²) in [5.74, 6) is 0.618. The molecule has 1 aromatic rings. The maximum atomic E-state index is 12.0. The van der Waals surface area contributed by atoms with Crippen LogP contribution in [0.25, 0.3) is 0 Å². The molecule has 0 amide bonds. The van der Waals surface area contributed by atoms with Crippen molar-refractivity contribution in [2.75, 3.05) is 13.1 Å². The lowest BCUT2D eigenvalue weighted by molar-refractivity contribution is 0.540. The summed E-state index contributed by atoms with van der Waals surface area (Å²) < 4.78 is 26.7. The SMILES string of the molecule is CCCNCC(C)S(=O)(=O)NC(C)c1ncc[nH]1. The zero-order valence-corrected chi connectivity index (χ0v) is 11.9. The van der Waals surface area contributed by atoms with Crippen molar-refractivity contribution in [2.24, 2.45) is 0 Å². The molecule has 7 heteroatoms. The molecule has 0 aliphatic heterocycles. The number of nitrogens with zero attached hydrogens (tertiary/aromatic N) is 1. The van der Waals surface area contributed by atoms with Crippen LogP contribution >= 0.6 is 0 Å². The van der Waals surface area contributed by atoms with Gasteiger partial charge in [0, 0.05) is 18.9 Å². The third-order valence-electron chi connectivity index (χ3n) is 2.66. The van der Waals surface area contributed by atoms with Gasteiger partial charge in [-0.2, -0.15) is 0 Å². The van der Waals surface area contributed by atoms with E-state index in [0.717, 1.165) is 13.0 Å². The van der Waals surface area contributed by atoms with E-state index in [-0.39, 0.29) is 6.04 Å². The summed E-state index contributed by atoms with van der Waals surface area (Å²) >= 11 is 0. The molecule has 2 atom stereocenters. The molecular weight excluding hydrogens is 252 g/mol. The van der Waals surface area contributed by atoms with Crippen molar-refractivity contribution in [3.63, 3.8) is 0 Å². The van der Waals surface area contributed by atoms with Gasteiger partial charge in [-0.1, -0.05) is 6.92 Å². The molecule has 1 aromatic heterocycles. The molecule has 0 saturated heterocycles. The van der Waals surface area contributed by atoms with Crippen LogP contribution in [0.15, 0.2) is 12.4 Å². The van der Waals surface area contributed by atoms with Crippen molar-refractivity contribution in [3.05, 3.63) is 18.2 Å². The van der Waals surface area contributed by atoms with Gasteiger partial charge in [-0.15, -0.1) is 0 Å². The van der Waals surface area contributed by atoms with E-state index in [1.54, 1.807) is 26.2 Å². The first kappa shape index (κ1) is 15.1. The van der Waals surface area contributed by atoms with Gasteiger partial charge in [-0.3, -0.25) is 0 Å². The summed E-state index contributed by atoms with van der Waals surface area (Å²) in [6.45, 7) is 6.79. The molecule has 6 nitrogen and oxygen atoms in total. The number of hydrogen-bond acceptors (Lipinski definition) is 4. The zero-order chi connectivity index (χ0) is 13.6. The van der Waals surface area contributed by atoms with Gasteiger partial charge in [0.05, 0.1) is 11.3 Å². The molecule has 0 spiro atoms. The Morgan fingerprint density at radius 2 is 2.17 bits per heavy atom. The highest BCUT2D eigenvalue weighted by molar-refractivity contribution is 7.90. The molecule has 0 radical (unpaired) electrons. The maximum absolute atomic E-state index is 12.0. The normalized spacial score (nSPS) is 15.5. The Kier molecular flexibility index (Phi) is 5.77. The predicted molar refractivity (Wildman–Crippen MR) is 71.7 cm³/mol. The number of aromatic nitrogens is 2. The number of imidazole rings is 1. The highest BCUT2D eigenvalue weighted by Crippen LogP contribution is 2.09. The Morgan fingerprint density at radius 3 is 2.72 bits per heavy atom. The van der Waals surface area contributed by atoms with Crippen LogP contribution in [0.3, 0.4) is 0 Å². The summed E-state index contributed by atoms with van der Waals surface area (Å²) in [5.41, 5.74) is 0. The fourth-order valence-electron chi connectivity index (χ4n) is 1.52. The molecule has 0 aromatic carbocycles. The molecule has 0 bridgehead atoms. The first-order chi connectivity index (χ1) is 8.47. The van der Waals surface area contributed by atoms with E-state index in [9.17, 15) is 8.42 Å². The molecule has 0 saturated carbocycles. The first-order valence-electron chi connectivity index (χ1n) is 6.18. The van der Waals surface area contributed by atoms with Gasteiger partial charge >= 0.3 is 0 Å². The molecule has 18 heavy (non-hydrogen) atoms. The summed E-state index contributed by atoms with van der Waals surface area (Å²) in [6.07, 6.45) is 4.27. The lowest BCUT2D eigenvalue weighted by Gasteiger charge is -2.17. The second-order valence-electron chi connectivity index (χ2n) is 4.37. The molecule has 1 rings (SSSR count). The van der Waals surface area contributed by atoms with Crippen LogP contribution < -0.4 is 10.0 Å². The lowest BCUT2D eigenvalue weighted by atomic mass is 10.3.